The number of hydrogen-bond acceptors (Lipinski definition) is 3. The number of aliphatic imine (C=N–C) groups is 1. The van der Waals surface area contributed by atoms with Crippen LogP contribution in [0, 0.1) is 13.8 Å². The van der Waals surface area contributed by atoms with Gasteiger partial charge in [0, 0.05) is 6.20 Å². The standard InChI is InChI=1S/C20H24N2O/c1-15-9-8-10-16(2)18(15)22-19(17-11-4-7-14-21-17)20(23)12-5-3-6-13-20/h4,7-11,14,23H,3,5-6,12-13H2,1-2H3. The lowest BCUT2D eigenvalue weighted by Gasteiger charge is -2.33. The lowest BCUT2D eigenvalue weighted by atomic mass is 9.80. The highest BCUT2D eigenvalue weighted by Crippen LogP contribution is 2.34. The van der Waals surface area contributed by atoms with Gasteiger partial charge in [-0.3, -0.25) is 4.98 Å². The molecule has 2 aromatic rings. The smallest absolute Gasteiger partial charge is 0.109 e. The quantitative estimate of drug-likeness (QED) is 0.848. The van der Waals surface area contributed by atoms with E-state index in [1.165, 1.54) is 6.42 Å². The van der Waals surface area contributed by atoms with Crippen LogP contribution >= 0.6 is 0 Å². The highest BCUT2D eigenvalue weighted by atomic mass is 16.3. The lowest BCUT2D eigenvalue weighted by Crippen LogP contribution is -2.41. The van der Waals surface area contributed by atoms with Crippen LogP contribution in [0.15, 0.2) is 47.6 Å². The molecular formula is C20H24N2O. The Morgan fingerprint density at radius 2 is 1.70 bits per heavy atom. The van der Waals surface area contributed by atoms with Crippen LogP contribution in [0.2, 0.25) is 0 Å². The van der Waals surface area contributed by atoms with Gasteiger partial charge in [-0.15, -0.1) is 0 Å². The fraction of sp³-hybridized carbons (Fsp3) is 0.400. The SMILES string of the molecule is Cc1cccc(C)c1N=C(c1ccccn1)C1(O)CCCCC1. The van der Waals surface area contributed by atoms with Crippen molar-refractivity contribution in [3.05, 3.63) is 59.4 Å². The van der Waals surface area contributed by atoms with Crippen molar-refractivity contribution in [2.75, 3.05) is 0 Å². The minimum absolute atomic E-state index is 0.718. The van der Waals surface area contributed by atoms with Gasteiger partial charge in [0.2, 0.25) is 0 Å². The Labute approximate surface area is 138 Å². The second-order valence-electron chi connectivity index (χ2n) is 6.51. The Kier molecular flexibility index (Phi) is 4.58. The molecule has 1 aromatic heterocycles. The molecule has 1 heterocycles. The number of aryl methyl sites for hydroxylation is 2. The van der Waals surface area contributed by atoms with Gasteiger partial charge in [-0.1, -0.05) is 43.5 Å². The molecule has 1 fully saturated rings. The van der Waals surface area contributed by atoms with E-state index in [-0.39, 0.29) is 0 Å². The van der Waals surface area contributed by atoms with Gasteiger partial charge in [-0.05, 0) is 49.9 Å². The first-order chi connectivity index (χ1) is 11.1. The van der Waals surface area contributed by atoms with E-state index in [0.717, 1.165) is 53.9 Å². The summed E-state index contributed by atoms with van der Waals surface area (Å²) in [6, 6.07) is 12.0. The maximum absolute atomic E-state index is 11.3. The van der Waals surface area contributed by atoms with Crippen LogP contribution in [0.1, 0.15) is 48.9 Å². The molecule has 0 saturated heterocycles. The molecule has 0 bridgehead atoms. The van der Waals surface area contributed by atoms with E-state index < -0.39 is 5.60 Å². The Morgan fingerprint density at radius 3 is 2.30 bits per heavy atom. The molecule has 3 nitrogen and oxygen atoms in total. The summed E-state index contributed by atoms with van der Waals surface area (Å²) in [5.41, 5.74) is 3.82. The highest BCUT2D eigenvalue weighted by molar-refractivity contribution is 6.06. The van der Waals surface area contributed by atoms with Gasteiger partial charge >= 0.3 is 0 Å². The highest BCUT2D eigenvalue weighted by Gasteiger charge is 2.36. The number of aliphatic hydroxyl groups is 1. The summed E-state index contributed by atoms with van der Waals surface area (Å²) in [6.45, 7) is 4.12. The maximum atomic E-state index is 11.3. The number of hydrogen-bond donors (Lipinski definition) is 1. The average Bonchev–Trinajstić information content (AvgIpc) is 2.56. The van der Waals surface area contributed by atoms with E-state index in [1.807, 2.05) is 24.3 Å². The zero-order chi connectivity index (χ0) is 16.3. The molecule has 0 aliphatic heterocycles. The number of nitrogens with zero attached hydrogens (tertiary/aromatic N) is 2. The molecule has 3 rings (SSSR count). The molecule has 0 unspecified atom stereocenters. The summed E-state index contributed by atoms with van der Waals surface area (Å²) in [6.07, 6.45) is 6.54. The largest absolute Gasteiger partial charge is 0.383 e. The fourth-order valence-corrected chi connectivity index (χ4v) is 3.37. The topological polar surface area (TPSA) is 45.5 Å². The van der Waals surface area contributed by atoms with Crippen molar-refractivity contribution in [1.82, 2.24) is 4.98 Å². The van der Waals surface area contributed by atoms with Gasteiger partial charge in [0.25, 0.3) is 0 Å². The molecule has 0 atom stereocenters. The van der Waals surface area contributed by atoms with E-state index in [4.69, 9.17) is 4.99 Å². The van der Waals surface area contributed by atoms with Crippen molar-refractivity contribution in [2.24, 2.45) is 4.99 Å². The maximum Gasteiger partial charge on any atom is 0.109 e. The summed E-state index contributed by atoms with van der Waals surface area (Å²) < 4.78 is 0. The second kappa shape index (κ2) is 6.63. The molecule has 0 spiro atoms. The third-order valence-corrected chi connectivity index (χ3v) is 4.69. The second-order valence-corrected chi connectivity index (χ2v) is 6.51. The van der Waals surface area contributed by atoms with E-state index in [2.05, 4.69) is 31.0 Å². The van der Waals surface area contributed by atoms with Crippen LogP contribution in [0.5, 0.6) is 0 Å². The van der Waals surface area contributed by atoms with Gasteiger partial charge in [-0.2, -0.15) is 0 Å². The van der Waals surface area contributed by atoms with E-state index >= 15 is 0 Å². The minimum Gasteiger partial charge on any atom is -0.383 e. The molecule has 1 aromatic carbocycles. The number of benzene rings is 1. The molecule has 120 valence electrons. The van der Waals surface area contributed by atoms with Crippen LogP contribution < -0.4 is 0 Å². The summed E-state index contributed by atoms with van der Waals surface area (Å²) in [4.78, 5) is 9.39. The molecule has 1 aliphatic carbocycles. The Hall–Kier alpha value is -2.00. The average molecular weight is 308 g/mol. The van der Waals surface area contributed by atoms with Gasteiger partial charge in [0.05, 0.1) is 17.1 Å². The van der Waals surface area contributed by atoms with Crippen molar-refractivity contribution in [1.29, 1.82) is 0 Å². The molecule has 1 saturated carbocycles. The van der Waals surface area contributed by atoms with Gasteiger partial charge in [0.15, 0.2) is 0 Å². The molecule has 0 radical (unpaired) electrons. The molecular weight excluding hydrogens is 284 g/mol. The predicted octanol–water partition coefficient (Wildman–Crippen LogP) is 4.51. The van der Waals surface area contributed by atoms with Crippen molar-refractivity contribution in [3.8, 4) is 0 Å². The van der Waals surface area contributed by atoms with Gasteiger partial charge in [-0.25, -0.2) is 4.99 Å². The van der Waals surface area contributed by atoms with Gasteiger partial charge < -0.3 is 5.11 Å². The number of pyridine rings is 1. The first-order valence-electron chi connectivity index (χ1n) is 8.39. The van der Waals surface area contributed by atoms with Crippen molar-refractivity contribution < 1.29 is 5.11 Å². The molecule has 1 N–H and O–H groups in total. The van der Waals surface area contributed by atoms with Gasteiger partial charge in [0.1, 0.15) is 5.60 Å². The van der Waals surface area contributed by atoms with Crippen LogP contribution in [-0.4, -0.2) is 21.4 Å². The molecule has 23 heavy (non-hydrogen) atoms. The third kappa shape index (κ3) is 3.35. The fourth-order valence-electron chi connectivity index (χ4n) is 3.37. The Bertz CT molecular complexity index is 681. The summed E-state index contributed by atoms with van der Waals surface area (Å²) in [5.74, 6) is 0. The van der Waals surface area contributed by atoms with E-state index in [1.54, 1.807) is 6.20 Å². The van der Waals surface area contributed by atoms with Crippen LogP contribution in [-0.2, 0) is 0 Å². The molecule has 3 heteroatoms. The Balaban J connectivity index is 2.14. The molecule has 1 aliphatic rings. The van der Waals surface area contributed by atoms with Crippen LogP contribution in [0.4, 0.5) is 5.69 Å². The molecule has 0 amide bonds. The third-order valence-electron chi connectivity index (χ3n) is 4.69. The van der Waals surface area contributed by atoms with Crippen molar-refractivity contribution in [2.45, 2.75) is 51.6 Å². The van der Waals surface area contributed by atoms with E-state index in [0.29, 0.717) is 0 Å². The zero-order valence-electron chi connectivity index (χ0n) is 13.9. The number of aromatic nitrogens is 1. The summed E-state index contributed by atoms with van der Waals surface area (Å²) in [5, 5.41) is 11.3. The lowest BCUT2D eigenvalue weighted by molar-refractivity contribution is 0.0713. The van der Waals surface area contributed by atoms with E-state index in [9.17, 15) is 5.11 Å². The van der Waals surface area contributed by atoms with Crippen LogP contribution in [0.25, 0.3) is 0 Å². The minimum atomic E-state index is -0.874. The number of rotatable bonds is 3. The Morgan fingerprint density at radius 1 is 1.00 bits per heavy atom. The first-order valence-corrected chi connectivity index (χ1v) is 8.39. The van der Waals surface area contributed by atoms with Crippen LogP contribution in [0.3, 0.4) is 0 Å². The first kappa shape index (κ1) is 15.9. The van der Waals surface area contributed by atoms with Crippen molar-refractivity contribution >= 4 is 11.4 Å². The van der Waals surface area contributed by atoms with Crippen molar-refractivity contribution in [3.63, 3.8) is 0 Å². The monoisotopic (exact) mass is 308 g/mol. The summed E-state index contributed by atoms with van der Waals surface area (Å²) >= 11 is 0. The predicted molar refractivity (Wildman–Crippen MR) is 94.4 cm³/mol. The number of para-hydroxylation sites is 1. The normalized spacial score (nSPS) is 18.0. The summed E-state index contributed by atoms with van der Waals surface area (Å²) in [7, 11) is 0. The zero-order valence-corrected chi connectivity index (χ0v) is 13.9.